The molecule has 4 unspecified atom stereocenters. The van der Waals surface area contributed by atoms with E-state index in [0.717, 1.165) is 19.3 Å². The highest BCUT2D eigenvalue weighted by atomic mass is 16.5. The summed E-state index contributed by atoms with van der Waals surface area (Å²) >= 11 is 0. The van der Waals surface area contributed by atoms with Crippen LogP contribution in [0.3, 0.4) is 0 Å². The minimum absolute atomic E-state index is 0.0132. The van der Waals surface area contributed by atoms with Crippen molar-refractivity contribution in [3.8, 4) is 0 Å². The van der Waals surface area contributed by atoms with E-state index in [1.165, 1.54) is 18.4 Å². The predicted molar refractivity (Wildman–Crippen MR) is 124 cm³/mol. The maximum atomic E-state index is 12.2. The Morgan fingerprint density at radius 2 is 1.87 bits per heavy atom. The maximum absolute atomic E-state index is 12.2. The van der Waals surface area contributed by atoms with Gasteiger partial charge < -0.3 is 4.74 Å². The first-order valence-corrected chi connectivity index (χ1v) is 12.4. The number of carbonyl (C=O) groups excluding carboxylic acids is 2. The third-order valence-electron chi connectivity index (χ3n) is 9.44. The lowest BCUT2D eigenvalue weighted by atomic mass is 9.46. The van der Waals surface area contributed by atoms with Crippen LogP contribution in [0.5, 0.6) is 0 Å². The normalized spacial score (nSPS) is 42.7. The molecule has 4 rings (SSSR count). The topological polar surface area (TPSA) is 43.4 Å². The molecular weight excluding hydrogens is 384 g/mol. The van der Waals surface area contributed by atoms with E-state index >= 15 is 0 Å². The molecule has 0 aromatic carbocycles. The van der Waals surface area contributed by atoms with Crippen molar-refractivity contribution in [2.45, 2.75) is 79.8 Å². The van der Waals surface area contributed by atoms with Gasteiger partial charge in [0.25, 0.3) is 0 Å². The van der Waals surface area contributed by atoms with Crippen molar-refractivity contribution >= 4 is 11.8 Å². The zero-order valence-corrected chi connectivity index (χ0v) is 20.2. The first-order valence-electron chi connectivity index (χ1n) is 12.4. The third-order valence-corrected chi connectivity index (χ3v) is 9.44. The molecule has 0 saturated heterocycles. The maximum Gasteiger partial charge on any atom is 0.302 e. The van der Waals surface area contributed by atoms with Crippen molar-refractivity contribution in [2.24, 2.45) is 46.3 Å². The fraction of sp³-hybridized carbons (Fsp3) is 0.714. The van der Waals surface area contributed by atoms with Crippen LogP contribution >= 0.6 is 0 Å². The molecule has 3 saturated carbocycles. The summed E-state index contributed by atoms with van der Waals surface area (Å²) in [6.45, 7) is 13.1. The first kappa shape index (κ1) is 22.6. The van der Waals surface area contributed by atoms with E-state index in [0.29, 0.717) is 35.5 Å². The number of rotatable bonds is 4. The van der Waals surface area contributed by atoms with Crippen molar-refractivity contribution < 1.29 is 14.3 Å². The van der Waals surface area contributed by atoms with Gasteiger partial charge in [-0.2, -0.15) is 0 Å². The highest BCUT2D eigenvalue weighted by Gasteiger charge is 2.63. The summed E-state index contributed by atoms with van der Waals surface area (Å²) in [5.74, 6) is 3.15. The summed E-state index contributed by atoms with van der Waals surface area (Å²) in [7, 11) is 0. The molecule has 31 heavy (non-hydrogen) atoms. The average Bonchev–Trinajstić information content (AvgIpc) is 3.05. The molecule has 0 bridgehead atoms. The van der Waals surface area contributed by atoms with Crippen LogP contribution < -0.4 is 0 Å². The lowest BCUT2D eigenvalue weighted by Gasteiger charge is -2.59. The van der Waals surface area contributed by atoms with Gasteiger partial charge in [-0.15, -0.1) is 0 Å². The molecule has 0 radical (unpaired) electrons. The molecular formula is C28H40O3. The molecule has 0 amide bonds. The second-order valence-corrected chi connectivity index (χ2v) is 11.5. The van der Waals surface area contributed by atoms with Gasteiger partial charge in [0.15, 0.2) is 5.78 Å². The van der Waals surface area contributed by atoms with Gasteiger partial charge in [-0.25, -0.2) is 0 Å². The smallest absolute Gasteiger partial charge is 0.302 e. The van der Waals surface area contributed by atoms with Gasteiger partial charge in [0, 0.05) is 17.8 Å². The van der Waals surface area contributed by atoms with Crippen LogP contribution in [0.1, 0.15) is 73.6 Å². The molecule has 3 nitrogen and oxygen atoms in total. The highest BCUT2D eigenvalue weighted by Crippen LogP contribution is 2.67. The van der Waals surface area contributed by atoms with Gasteiger partial charge in [-0.1, -0.05) is 58.4 Å². The molecule has 0 spiro atoms. The Bertz CT molecular complexity index is 833. The van der Waals surface area contributed by atoms with E-state index in [1.807, 2.05) is 6.08 Å². The molecule has 4 aliphatic rings. The van der Waals surface area contributed by atoms with Crippen LogP contribution in [-0.4, -0.2) is 17.9 Å². The summed E-state index contributed by atoms with van der Waals surface area (Å²) in [5, 5.41) is 0. The molecule has 0 aromatic heterocycles. The van der Waals surface area contributed by atoms with Gasteiger partial charge in [0.05, 0.1) is 0 Å². The number of ether oxygens (including phenoxy) is 1. The molecule has 3 heteroatoms. The standard InChI is InChI=1S/C28H40O3/c1-17(2)7-8-18(3)23-11-12-24-22-10-9-20-15-21(30)13-14-27(20,5)25(22)16-26(28(23,24)6)31-19(4)29/h7-8,13-15,17-18,22-26H,9-12,16H2,1-6H3/b8-7+/t18?,22?,23-,24?,25?,26-,27+,28-/m1/s1. The molecule has 0 N–H and O–H groups in total. The van der Waals surface area contributed by atoms with Gasteiger partial charge >= 0.3 is 5.97 Å². The minimum atomic E-state index is -0.162. The van der Waals surface area contributed by atoms with E-state index < -0.39 is 0 Å². The fourth-order valence-corrected chi connectivity index (χ4v) is 7.94. The molecule has 0 heterocycles. The van der Waals surface area contributed by atoms with Crippen molar-refractivity contribution in [1.82, 2.24) is 0 Å². The van der Waals surface area contributed by atoms with Crippen LogP contribution in [0.2, 0.25) is 0 Å². The molecule has 170 valence electrons. The number of hydrogen-bond acceptors (Lipinski definition) is 3. The summed E-state index contributed by atoms with van der Waals surface area (Å²) in [6, 6.07) is 0. The minimum Gasteiger partial charge on any atom is -0.462 e. The summed E-state index contributed by atoms with van der Waals surface area (Å²) < 4.78 is 6.14. The van der Waals surface area contributed by atoms with Gasteiger partial charge in [0.1, 0.15) is 6.10 Å². The number of carbonyl (C=O) groups is 2. The molecule has 8 atom stereocenters. The fourth-order valence-electron chi connectivity index (χ4n) is 7.94. The number of hydrogen-bond donors (Lipinski definition) is 0. The van der Waals surface area contributed by atoms with Crippen LogP contribution in [0.4, 0.5) is 0 Å². The molecule has 0 aromatic rings. The second-order valence-electron chi connectivity index (χ2n) is 11.5. The highest BCUT2D eigenvalue weighted by molar-refractivity contribution is 6.01. The summed E-state index contributed by atoms with van der Waals surface area (Å²) in [6.07, 6.45) is 16.0. The first-order chi connectivity index (χ1) is 14.6. The van der Waals surface area contributed by atoms with E-state index in [1.54, 1.807) is 13.0 Å². The van der Waals surface area contributed by atoms with E-state index in [9.17, 15) is 9.59 Å². The van der Waals surface area contributed by atoms with Crippen molar-refractivity contribution in [2.75, 3.05) is 0 Å². The van der Waals surface area contributed by atoms with E-state index in [-0.39, 0.29) is 28.7 Å². The van der Waals surface area contributed by atoms with Gasteiger partial charge in [0.2, 0.25) is 0 Å². The number of fused-ring (bicyclic) bond motifs is 5. The Hall–Kier alpha value is -1.64. The Morgan fingerprint density at radius 3 is 2.55 bits per heavy atom. The second kappa shape index (κ2) is 8.05. The number of allylic oxidation sites excluding steroid dienone is 6. The van der Waals surface area contributed by atoms with Crippen molar-refractivity contribution in [3.63, 3.8) is 0 Å². The average molecular weight is 425 g/mol. The molecule has 4 aliphatic carbocycles. The lowest BCUT2D eigenvalue weighted by Crippen LogP contribution is -2.57. The van der Waals surface area contributed by atoms with E-state index in [4.69, 9.17) is 4.74 Å². The Labute approximate surface area is 188 Å². The molecule has 0 aliphatic heterocycles. The molecule has 3 fully saturated rings. The van der Waals surface area contributed by atoms with Crippen LogP contribution in [-0.2, 0) is 14.3 Å². The predicted octanol–water partition coefficient (Wildman–Crippen LogP) is 6.30. The van der Waals surface area contributed by atoms with Crippen LogP contribution in [0, 0.1) is 46.3 Å². The van der Waals surface area contributed by atoms with Crippen LogP contribution in [0.15, 0.2) is 36.0 Å². The summed E-state index contributed by atoms with van der Waals surface area (Å²) in [5.41, 5.74) is 1.21. The third kappa shape index (κ3) is 3.66. The van der Waals surface area contributed by atoms with Crippen LogP contribution in [0.25, 0.3) is 0 Å². The SMILES string of the molecule is CC(=O)O[C@@H]1CC2C(CCC3=CC(=O)C=C[C@@]32C)C2CC[C@H](C(C)/C=C/C(C)C)[C@]21C. The summed E-state index contributed by atoms with van der Waals surface area (Å²) in [4.78, 5) is 24.2. The largest absolute Gasteiger partial charge is 0.462 e. The van der Waals surface area contributed by atoms with Crippen molar-refractivity contribution in [3.05, 3.63) is 36.0 Å². The number of ketones is 1. The lowest BCUT2D eigenvalue weighted by molar-refractivity contribution is -0.177. The van der Waals surface area contributed by atoms with E-state index in [2.05, 4.69) is 52.8 Å². The Balaban J connectivity index is 1.71. The van der Waals surface area contributed by atoms with Gasteiger partial charge in [-0.3, -0.25) is 9.59 Å². The zero-order chi connectivity index (χ0) is 22.6. The van der Waals surface area contributed by atoms with Gasteiger partial charge in [-0.05, 0) is 79.8 Å². The monoisotopic (exact) mass is 424 g/mol. The number of esters is 1. The Kier molecular flexibility index (Phi) is 5.85. The quantitative estimate of drug-likeness (QED) is 0.393. The zero-order valence-electron chi connectivity index (χ0n) is 20.2. The Morgan fingerprint density at radius 1 is 1.13 bits per heavy atom. The van der Waals surface area contributed by atoms with Crippen molar-refractivity contribution in [1.29, 1.82) is 0 Å².